The summed E-state index contributed by atoms with van der Waals surface area (Å²) in [6, 6.07) is 10.2. The van der Waals surface area contributed by atoms with Gasteiger partial charge in [0.05, 0.1) is 24.8 Å². The minimum absolute atomic E-state index is 0.178. The lowest BCUT2D eigenvalue weighted by atomic mass is 10.2. The highest BCUT2D eigenvalue weighted by molar-refractivity contribution is 7.92. The van der Waals surface area contributed by atoms with Crippen LogP contribution in [0.3, 0.4) is 0 Å². The molecule has 2 aromatic rings. The van der Waals surface area contributed by atoms with E-state index in [1.807, 2.05) is 12.1 Å². The quantitative estimate of drug-likeness (QED) is 0.549. The van der Waals surface area contributed by atoms with Gasteiger partial charge in [-0.2, -0.15) is 0 Å². The van der Waals surface area contributed by atoms with Crippen molar-refractivity contribution in [2.45, 2.75) is 12.8 Å². The normalized spacial score (nSPS) is 11.1. The Morgan fingerprint density at radius 2 is 2.00 bits per heavy atom. The van der Waals surface area contributed by atoms with Crippen molar-refractivity contribution in [3.8, 4) is 0 Å². The lowest BCUT2D eigenvalue weighted by molar-refractivity contribution is 0.0953. The first kappa shape index (κ1) is 18.8. The van der Waals surface area contributed by atoms with Gasteiger partial charge in [-0.25, -0.2) is 8.42 Å². The van der Waals surface area contributed by atoms with E-state index >= 15 is 0 Å². The van der Waals surface area contributed by atoms with Crippen molar-refractivity contribution < 1.29 is 17.6 Å². The topological polar surface area (TPSA) is 79.6 Å². The lowest BCUT2D eigenvalue weighted by Crippen LogP contribution is -2.30. The number of sulfonamides is 1. The molecule has 1 heterocycles. The van der Waals surface area contributed by atoms with Crippen molar-refractivity contribution in [3.63, 3.8) is 0 Å². The average Bonchev–Trinajstić information content (AvgIpc) is 3.09. The molecule has 0 aliphatic carbocycles. The number of hydrogen-bond acceptors (Lipinski definition) is 4. The lowest BCUT2D eigenvalue weighted by Gasteiger charge is -2.20. The second kappa shape index (κ2) is 8.53. The number of amides is 1. The summed E-state index contributed by atoms with van der Waals surface area (Å²) in [6.07, 6.45) is 5.81. The molecule has 0 saturated carbocycles. The third-order valence-corrected chi connectivity index (χ3v) is 4.74. The number of furan rings is 1. The van der Waals surface area contributed by atoms with Gasteiger partial charge < -0.3 is 9.73 Å². The maximum absolute atomic E-state index is 12.1. The van der Waals surface area contributed by atoms with Crippen LogP contribution in [0.25, 0.3) is 0 Å². The molecule has 0 spiro atoms. The molecule has 1 N–H and O–H groups in total. The van der Waals surface area contributed by atoms with Gasteiger partial charge in [-0.05, 0) is 42.8 Å². The molecule has 0 fully saturated rings. The molecule has 7 heteroatoms. The number of anilines is 1. The fraction of sp³-hybridized carbons (Fsp3) is 0.278. The number of aryl methyl sites for hydroxylation is 1. The summed E-state index contributed by atoms with van der Waals surface area (Å²) in [5.74, 6) is 0.697. The maximum atomic E-state index is 12.1. The summed E-state index contributed by atoms with van der Waals surface area (Å²) in [5, 5.41) is 2.84. The molecule has 0 bridgehead atoms. The van der Waals surface area contributed by atoms with E-state index in [9.17, 15) is 13.2 Å². The van der Waals surface area contributed by atoms with Crippen molar-refractivity contribution in [1.29, 1.82) is 0 Å². The molecule has 134 valence electrons. The van der Waals surface area contributed by atoms with Crippen LogP contribution < -0.4 is 9.62 Å². The van der Waals surface area contributed by atoms with Crippen LogP contribution in [-0.2, 0) is 16.4 Å². The molecule has 6 nitrogen and oxygen atoms in total. The van der Waals surface area contributed by atoms with Gasteiger partial charge in [0.2, 0.25) is 10.0 Å². The van der Waals surface area contributed by atoms with Crippen LogP contribution in [0.1, 0.15) is 22.5 Å². The summed E-state index contributed by atoms with van der Waals surface area (Å²) in [6.45, 7) is 4.28. The van der Waals surface area contributed by atoms with Crippen LogP contribution in [0, 0.1) is 0 Å². The Morgan fingerprint density at radius 1 is 1.28 bits per heavy atom. The fourth-order valence-corrected chi connectivity index (χ4v) is 3.23. The Kier molecular flexibility index (Phi) is 6.41. The van der Waals surface area contributed by atoms with Crippen LogP contribution in [0.2, 0.25) is 0 Å². The van der Waals surface area contributed by atoms with E-state index in [2.05, 4.69) is 11.9 Å². The highest BCUT2D eigenvalue weighted by Crippen LogP contribution is 2.18. The smallest absolute Gasteiger partial charge is 0.251 e. The van der Waals surface area contributed by atoms with Crippen molar-refractivity contribution in [1.82, 2.24) is 5.32 Å². The second-order valence-electron chi connectivity index (χ2n) is 5.57. The van der Waals surface area contributed by atoms with Gasteiger partial charge in [0.15, 0.2) is 0 Å². The number of carbonyl (C=O) groups is 1. The highest BCUT2D eigenvalue weighted by Gasteiger charge is 2.16. The van der Waals surface area contributed by atoms with Crippen molar-refractivity contribution in [3.05, 3.63) is 66.6 Å². The molecule has 0 unspecified atom stereocenters. The Hall–Kier alpha value is -2.54. The Morgan fingerprint density at radius 3 is 2.56 bits per heavy atom. The number of benzene rings is 1. The van der Waals surface area contributed by atoms with E-state index in [4.69, 9.17) is 4.42 Å². The molecule has 0 aliphatic heterocycles. The molecule has 1 aromatic carbocycles. The van der Waals surface area contributed by atoms with Gasteiger partial charge in [-0.3, -0.25) is 9.10 Å². The second-order valence-corrected chi connectivity index (χ2v) is 7.48. The number of rotatable bonds is 9. The minimum atomic E-state index is -3.40. The van der Waals surface area contributed by atoms with E-state index in [-0.39, 0.29) is 12.5 Å². The average molecular weight is 362 g/mol. The molecule has 2 rings (SSSR count). The molecule has 0 radical (unpaired) electrons. The van der Waals surface area contributed by atoms with Crippen LogP contribution in [-0.4, -0.2) is 33.7 Å². The Bertz CT molecular complexity index is 796. The van der Waals surface area contributed by atoms with E-state index in [0.717, 1.165) is 24.9 Å². The molecule has 0 atom stereocenters. The predicted molar refractivity (Wildman–Crippen MR) is 98.2 cm³/mol. The molecule has 1 aromatic heterocycles. The summed E-state index contributed by atoms with van der Waals surface area (Å²) in [7, 11) is -3.40. The number of nitrogens with zero attached hydrogens (tertiary/aromatic N) is 1. The Balaban J connectivity index is 1.91. The first-order valence-electron chi connectivity index (χ1n) is 7.91. The van der Waals surface area contributed by atoms with Crippen LogP contribution in [0.15, 0.2) is 59.7 Å². The minimum Gasteiger partial charge on any atom is -0.469 e. The van der Waals surface area contributed by atoms with Crippen molar-refractivity contribution >= 4 is 21.6 Å². The fourth-order valence-electron chi connectivity index (χ4n) is 2.35. The van der Waals surface area contributed by atoms with Gasteiger partial charge >= 0.3 is 0 Å². The molecule has 0 aliphatic rings. The summed E-state index contributed by atoms with van der Waals surface area (Å²) in [5.41, 5.74) is 0.977. The van der Waals surface area contributed by atoms with Gasteiger partial charge in [-0.15, -0.1) is 6.58 Å². The number of hydrogen-bond donors (Lipinski definition) is 1. The standard InChI is InChI=1S/C18H22N2O4S/c1-3-13-20(25(2,22)23)16-10-8-15(9-11-16)18(21)19-12-4-6-17-7-5-14-24-17/h3,5,7-11,14H,1,4,6,12-13H2,2H3,(H,19,21). The Labute approximate surface area is 148 Å². The summed E-state index contributed by atoms with van der Waals surface area (Å²) < 4.78 is 30.1. The van der Waals surface area contributed by atoms with E-state index in [1.54, 1.807) is 30.5 Å². The van der Waals surface area contributed by atoms with Crippen molar-refractivity contribution in [2.24, 2.45) is 0 Å². The molecule has 25 heavy (non-hydrogen) atoms. The number of carbonyl (C=O) groups excluding carboxylic acids is 1. The summed E-state index contributed by atoms with van der Waals surface area (Å²) >= 11 is 0. The third kappa shape index (κ3) is 5.49. The van der Waals surface area contributed by atoms with E-state index < -0.39 is 10.0 Å². The van der Waals surface area contributed by atoms with Gasteiger partial charge in [0, 0.05) is 18.5 Å². The van der Waals surface area contributed by atoms with Gasteiger partial charge in [-0.1, -0.05) is 6.08 Å². The largest absolute Gasteiger partial charge is 0.469 e. The summed E-state index contributed by atoms with van der Waals surface area (Å²) in [4.78, 5) is 12.1. The van der Waals surface area contributed by atoms with Crippen LogP contribution in [0.4, 0.5) is 5.69 Å². The van der Waals surface area contributed by atoms with Gasteiger partial charge in [0.1, 0.15) is 5.76 Å². The van der Waals surface area contributed by atoms with E-state index in [1.165, 1.54) is 10.4 Å². The zero-order valence-corrected chi connectivity index (χ0v) is 15.0. The molecular formula is C18H22N2O4S. The van der Waals surface area contributed by atoms with Crippen LogP contribution >= 0.6 is 0 Å². The van der Waals surface area contributed by atoms with Crippen LogP contribution in [0.5, 0.6) is 0 Å². The highest BCUT2D eigenvalue weighted by atomic mass is 32.2. The zero-order chi connectivity index (χ0) is 18.3. The predicted octanol–water partition coefficient (Wildman–Crippen LogP) is 2.59. The first-order chi connectivity index (χ1) is 11.9. The van der Waals surface area contributed by atoms with Gasteiger partial charge in [0.25, 0.3) is 5.91 Å². The SMILES string of the molecule is C=CCN(c1ccc(C(=O)NCCCc2ccco2)cc1)S(C)(=O)=O. The van der Waals surface area contributed by atoms with Crippen molar-refractivity contribution in [2.75, 3.05) is 23.7 Å². The van der Waals surface area contributed by atoms with E-state index in [0.29, 0.717) is 17.8 Å². The molecular weight excluding hydrogens is 340 g/mol. The monoisotopic (exact) mass is 362 g/mol. The zero-order valence-electron chi connectivity index (χ0n) is 14.1. The molecule has 0 saturated heterocycles. The molecule has 1 amide bonds. The first-order valence-corrected chi connectivity index (χ1v) is 9.76. The number of nitrogens with one attached hydrogen (secondary N) is 1. The third-order valence-electron chi connectivity index (χ3n) is 3.58. The maximum Gasteiger partial charge on any atom is 0.251 e.